The molecule has 1 heterocycles. The fourth-order valence-corrected chi connectivity index (χ4v) is 3.62. The zero-order chi connectivity index (χ0) is 20.5. The van der Waals surface area contributed by atoms with Gasteiger partial charge in [-0.2, -0.15) is 0 Å². The van der Waals surface area contributed by atoms with Crippen molar-refractivity contribution >= 4 is 17.8 Å². The molecule has 154 valence electrons. The standard InChI is InChI=1S/C22H32N2O4/c1-3-16(2)22(28)24-13-7-10-18(15-24)21(27)23-19(11-12-20(25)26)14-17-8-5-4-6-9-17/h4-6,8-9,16,18-19H,3,7,10-15H2,1-2H3,(H,23,27)(H,25,26). The van der Waals surface area contributed by atoms with Crippen molar-refractivity contribution in [3.63, 3.8) is 0 Å². The molecule has 0 aromatic heterocycles. The number of carbonyl (C=O) groups excluding carboxylic acids is 2. The molecule has 1 aliphatic rings. The topological polar surface area (TPSA) is 86.7 Å². The molecule has 2 amide bonds. The van der Waals surface area contributed by atoms with E-state index in [4.69, 9.17) is 5.11 Å². The second-order valence-electron chi connectivity index (χ2n) is 7.76. The number of nitrogens with one attached hydrogen (secondary N) is 1. The molecule has 3 unspecified atom stereocenters. The number of benzene rings is 1. The van der Waals surface area contributed by atoms with E-state index in [1.54, 1.807) is 0 Å². The number of aliphatic carboxylic acids is 1. The van der Waals surface area contributed by atoms with Crippen LogP contribution in [0, 0.1) is 11.8 Å². The third-order valence-corrected chi connectivity index (χ3v) is 5.52. The van der Waals surface area contributed by atoms with Crippen molar-refractivity contribution in [3.8, 4) is 0 Å². The fraction of sp³-hybridized carbons (Fsp3) is 0.591. The Hall–Kier alpha value is -2.37. The Labute approximate surface area is 167 Å². The van der Waals surface area contributed by atoms with Crippen LogP contribution in [-0.4, -0.2) is 46.9 Å². The summed E-state index contributed by atoms with van der Waals surface area (Å²) in [5.41, 5.74) is 1.07. The van der Waals surface area contributed by atoms with Gasteiger partial charge in [0.15, 0.2) is 0 Å². The van der Waals surface area contributed by atoms with Gasteiger partial charge in [-0.25, -0.2) is 0 Å². The van der Waals surface area contributed by atoms with Gasteiger partial charge < -0.3 is 15.3 Å². The molecule has 1 aromatic rings. The predicted octanol–water partition coefficient (Wildman–Crippen LogP) is 2.86. The molecule has 3 atom stereocenters. The molecule has 1 aromatic carbocycles. The minimum absolute atomic E-state index is 0.0150. The first-order valence-electron chi connectivity index (χ1n) is 10.3. The average molecular weight is 389 g/mol. The highest BCUT2D eigenvalue weighted by Gasteiger charge is 2.30. The molecule has 0 bridgehead atoms. The monoisotopic (exact) mass is 388 g/mol. The number of amides is 2. The van der Waals surface area contributed by atoms with Gasteiger partial charge in [0, 0.05) is 31.5 Å². The first-order valence-corrected chi connectivity index (χ1v) is 10.3. The summed E-state index contributed by atoms with van der Waals surface area (Å²) < 4.78 is 0. The summed E-state index contributed by atoms with van der Waals surface area (Å²) >= 11 is 0. The molecular formula is C22H32N2O4. The third kappa shape index (κ3) is 6.66. The molecule has 1 aliphatic heterocycles. The lowest BCUT2D eigenvalue weighted by molar-refractivity contribution is -0.140. The van der Waals surface area contributed by atoms with Gasteiger partial charge in [0.05, 0.1) is 5.92 Å². The molecule has 0 saturated carbocycles. The SMILES string of the molecule is CCC(C)C(=O)N1CCCC(C(=O)NC(CCC(=O)O)Cc2ccccc2)C1. The molecule has 2 N–H and O–H groups in total. The number of carbonyl (C=O) groups is 3. The molecule has 28 heavy (non-hydrogen) atoms. The van der Waals surface area contributed by atoms with Crippen molar-refractivity contribution in [2.75, 3.05) is 13.1 Å². The maximum Gasteiger partial charge on any atom is 0.303 e. The van der Waals surface area contributed by atoms with E-state index in [0.717, 1.165) is 24.8 Å². The highest BCUT2D eigenvalue weighted by atomic mass is 16.4. The van der Waals surface area contributed by atoms with Crippen molar-refractivity contribution < 1.29 is 19.5 Å². The van der Waals surface area contributed by atoms with E-state index >= 15 is 0 Å². The molecule has 6 nitrogen and oxygen atoms in total. The summed E-state index contributed by atoms with van der Waals surface area (Å²) in [5, 5.41) is 12.1. The van der Waals surface area contributed by atoms with Gasteiger partial charge in [-0.1, -0.05) is 44.2 Å². The van der Waals surface area contributed by atoms with E-state index < -0.39 is 5.97 Å². The van der Waals surface area contributed by atoms with Crippen LogP contribution in [0.1, 0.15) is 51.5 Å². The number of hydrogen-bond acceptors (Lipinski definition) is 3. The first kappa shape index (κ1) is 21.9. The number of carboxylic acid groups (broad SMARTS) is 1. The van der Waals surface area contributed by atoms with Crippen molar-refractivity contribution in [1.29, 1.82) is 0 Å². The van der Waals surface area contributed by atoms with Crippen molar-refractivity contribution in [2.45, 2.75) is 58.4 Å². The number of piperidine rings is 1. The summed E-state index contributed by atoms with van der Waals surface area (Å²) in [4.78, 5) is 38.1. The summed E-state index contributed by atoms with van der Waals surface area (Å²) in [6.07, 6.45) is 3.37. The maximum absolute atomic E-state index is 12.9. The summed E-state index contributed by atoms with van der Waals surface area (Å²) in [6, 6.07) is 9.53. The van der Waals surface area contributed by atoms with E-state index in [1.807, 2.05) is 49.1 Å². The Morgan fingerprint density at radius 2 is 1.96 bits per heavy atom. The number of rotatable bonds is 9. The van der Waals surface area contributed by atoms with Crippen LogP contribution in [-0.2, 0) is 20.8 Å². The molecule has 0 aliphatic carbocycles. The van der Waals surface area contributed by atoms with Gasteiger partial charge in [-0.05, 0) is 37.7 Å². The van der Waals surface area contributed by atoms with Gasteiger partial charge in [0.1, 0.15) is 0 Å². The molecule has 0 spiro atoms. The minimum atomic E-state index is -0.865. The predicted molar refractivity (Wildman–Crippen MR) is 108 cm³/mol. The molecule has 0 radical (unpaired) electrons. The average Bonchev–Trinajstić information content (AvgIpc) is 2.71. The van der Waals surface area contributed by atoms with E-state index in [9.17, 15) is 14.4 Å². The van der Waals surface area contributed by atoms with E-state index in [0.29, 0.717) is 25.9 Å². The Bertz CT molecular complexity index is 662. The highest BCUT2D eigenvalue weighted by Crippen LogP contribution is 2.20. The Morgan fingerprint density at radius 3 is 2.61 bits per heavy atom. The lowest BCUT2D eigenvalue weighted by Gasteiger charge is -2.34. The van der Waals surface area contributed by atoms with Crippen molar-refractivity contribution in [3.05, 3.63) is 35.9 Å². The molecule has 2 rings (SSSR count). The molecule has 1 fully saturated rings. The number of likely N-dealkylation sites (tertiary alicyclic amines) is 1. The lowest BCUT2D eigenvalue weighted by atomic mass is 9.94. The number of carboxylic acids is 1. The fourth-order valence-electron chi connectivity index (χ4n) is 3.62. The van der Waals surface area contributed by atoms with Crippen LogP contribution in [0.15, 0.2) is 30.3 Å². The Balaban J connectivity index is 1.98. The first-order chi connectivity index (χ1) is 13.4. The Kier molecular flexibility index (Phi) is 8.48. The van der Waals surface area contributed by atoms with Crippen LogP contribution in [0.25, 0.3) is 0 Å². The molecule has 1 saturated heterocycles. The van der Waals surface area contributed by atoms with Crippen LogP contribution in [0.5, 0.6) is 0 Å². The van der Waals surface area contributed by atoms with E-state index in [1.165, 1.54) is 0 Å². The van der Waals surface area contributed by atoms with Crippen LogP contribution in [0.2, 0.25) is 0 Å². The van der Waals surface area contributed by atoms with Crippen LogP contribution >= 0.6 is 0 Å². The summed E-state index contributed by atoms with van der Waals surface area (Å²) in [7, 11) is 0. The highest BCUT2D eigenvalue weighted by molar-refractivity contribution is 5.82. The smallest absolute Gasteiger partial charge is 0.303 e. The largest absolute Gasteiger partial charge is 0.481 e. The van der Waals surface area contributed by atoms with Gasteiger partial charge in [0.25, 0.3) is 0 Å². The summed E-state index contributed by atoms with van der Waals surface area (Å²) in [6.45, 7) is 5.08. The second-order valence-corrected chi connectivity index (χ2v) is 7.76. The minimum Gasteiger partial charge on any atom is -0.481 e. The number of nitrogens with zero attached hydrogens (tertiary/aromatic N) is 1. The van der Waals surface area contributed by atoms with Crippen LogP contribution in [0.3, 0.4) is 0 Å². The zero-order valence-electron chi connectivity index (χ0n) is 16.9. The van der Waals surface area contributed by atoms with Crippen LogP contribution in [0.4, 0.5) is 0 Å². The van der Waals surface area contributed by atoms with E-state index in [-0.39, 0.29) is 36.1 Å². The molecule has 6 heteroatoms. The maximum atomic E-state index is 12.9. The van der Waals surface area contributed by atoms with Crippen molar-refractivity contribution in [1.82, 2.24) is 10.2 Å². The van der Waals surface area contributed by atoms with Crippen LogP contribution < -0.4 is 5.32 Å². The Morgan fingerprint density at radius 1 is 1.25 bits per heavy atom. The second kappa shape index (κ2) is 10.8. The van der Waals surface area contributed by atoms with Gasteiger partial charge in [-0.3, -0.25) is 14.4 Å². The zero-order valence-corrected chi connectivity index (χ0v) is 16.9. The lowest BCUT2D eigenvalue weighted by Crippen LogP contribution is -2.49. The number of hydrogen-bond donors (Lipinski definition) is 2. The quantitative estimate of drug-likeness (QED) is 0.681. The van der Waals surface area contributed by atoms with Gasteiger partial charge >= 0.3 is 5.97 Å². The van der Waals surface area contributed by atoms with Gasteiger partial charge in [0.2, 0.25) is 11.8 Å². The third-order valence-electron chi connectivity index (χ3n) is 5.52. The normalized spacial score (nSPS) is 18.9. The van der Waals surface area contributed by atoms with Crippen molar-refractivity contribution in [2.24, 2.45) is 11.8 Å². The van der Waals surface area contributed by atoms with Gasteiger partial charge in [-0.15, -0.1) is 0 Å². The molecular weight excluding hydrogens is 356 g/mol. The van der Waals surface area contributed by atoms with E-state index in [2.05, 4.69) is 5.32 Å². The summed E-state index contributed by atoms with van der Waals surface area (Å²) in [5.74, 6) is -1.08.